The molecule has 0 bridgehead atoms. The van der Waals surface area contributed by atoms with E-state index in [2.05, 4.69) is 20.3 Å². The van der Waals surface area contributed by atoms with Crippen molar-refractivity contribution in [3.05, 3.63) is 36.7 Å². The predicted octanol–water partition coefficient (Wildman–Crippen LogP) is 1.39. The molecule has 0 amide bonds. The first-order valence-corrected chi connectivity index (χ1v) is 12.1. The van der Waals surface area contributed by atoms with Gasteiger partial charge in [0.05, 0.1) is 23.8 Å². The molecule has 0 aliphatic carbocycles. The van der Waals surface area contributed by atoms with Crippen LogP contribution in [-0.2, 0) is 10.0 Å². The van der Waals surface area contributed by atoms with Gasteiger partial charge >= 0.3 is 0 Å². The van der Waals surface area contributed by atoms with Gasteiger partial charge in [-0.1, -0.05) is 19.1 Å². The second-order valence-electron chi connectivity index (χ2n) is 6.89. The second kappa shape index (κ2) is 9.92. The fraction of sp³-hybridized carbons (Fsp3) is 0.400. The molecule has 3 heterocycles. The van der Waals surface area contributed by atoms with Crippen molar-refractivity contribution >= 4 is 27.3 Å². The van der Waals surface area contributed by atoms with Crippen LogP contribution in [0.15, 0.2) is 36.7 Å². The van der Waals surface area contributed by atoms with E-state index in [0.717, 1.165) is 5.69 Å². The van der Waals surface area contributed by atoms with E-state index < -0.39 is 10.0 Å². The van der Waals surface area contributed by atoms with Crippen LogP contribution in [-0.4, -0.2) is 69.6 Å². The van der Waals surface area contributed by atoms with E-state index in [9.17, 15) is 8.42 Å². The Morgan fingerprint density at radius 1 is 1.03 bits per heavy atom. The van der Waals surface area contributed by atoms with Crippen LogP contribution < -0.4 is 16.4 Å². The molecule has 4 rings (SSSR count). The van der Waals surface area contributed by atoms with Gasteiger partial charge < -0.3 is 16.4 Å². The van der Waals surface area contributed by atoms with Crippen molar-refractivity contribution in [3.63, 3.8) is 0 Å². The van der Waals surface area contributed by atoms with Crippen LogP contribution in [0.3, 0.4) is 0 Å². The smallest absolute Gasteiger partial charge is 0.213 e. The molecular weight excluding hydrogens is 430 g/mol. The Morgan fingerprint density at radius 3 is 2.31 bits per heavy atom. The third-order valence-corrected chi connectivity index (χ3v) is 6.88. The number of sulfonamides is 1. The number of hydrogen-bond acceptors (Lipinski definition) is 9. The maximum atomic E-state index is 12.1. The highest BCUT2D eigenvalue weighted by Gasteiger charge is 2.26. The number of rotatable bonds is 5. The molecule has 12 heteroatoms. The van der Waals surface area contributed by atoms with E-state index in [1.54, 1.807) is 36.1 Å². The normalized spacial score (nSPS) is 14.7. The molecule has 0 atom stereocenters. The van der Waals surface area contributed by atoms with Crippen LogP contribution in [0.5, 0.6) is 0 Å². The van der Waals surface area contributed by atoms with Crippen LogP contribution in [0, 0.1) is 0 Å². The molecule has 172 valence electrons. The Morgan fingerprint density at radius 2 is 1.69 bits per heavy atom. The van der Waals surface area contributed by atoms with Crippen molar-refractivity contribution in [1.29, 1.82) is 0 Å². The van der Waals surface area contributed by atoms with Gasteiger partial charge in [-0.3, -0.25) is 0 Å². The van der Waals surface area contributed by atoms with Gasteiger partial charge in [0, 0.05) is 31.9 Å². The zero-order chi connectivity index (χ0) is 23.3. The van der Waals surface area contributed by atoms with E-state index >= 15 is 0 Å². The monoisotopic (exact) mass is 459 g/mol. The number of nitrogens with two attached hydrogens (primary N) is 2. The van der Waals surface area contributed by atoms with Gasteiger partial charge in [0.15, 0.2) is 5.82 Å². The van der Waals surface area contributed by atoms with Gasteiger partial charge in [0.1, 0.15) is 17.2 Å². The van der Waals surface area contributed by atoms with Gasteiger partial charge in [-0.25, -0.2) is 23.1 Å². The number of benzene rings is 1. The molecule has 0 spiro atoms. The van der Waals surface area contributed by atoms with Crippen molar-refractivity contribution in [3.8, 4) is 17.1 Å². The Hall–Kier alpha value is -3.25. The Balaban J connectivity index is 0.00000141. The molecule has 0 unspecified atom stereocenters. The molecule has 4 N–H and O–H groups in total. The van der Waals surface area contributed by atoms with Crippen molar-refractivity contribution < 1.29 is 8.42 Å². The van der Waals surface area contributed by atoms with Crippen LogP contribution >= 0.6 is 0 Å². The van der Waals surface area contributed by atoms with Crippen LogP contribution in [0.1, 0.15) is 20.8 Å². The average Bonchev–Trinajstić information content (AvgIpc) is 3.31. The summed E-state index contributed by atoms with van der Waals surface area (Å²) in [6.45, 7) is 7.51. The van der Waals surface area contributed by atoms with Crippen molar-refractivity contribution in [1.82, 2.24) is 29.3 Å². The first kappa shape index (κ1) is 23.4. The van der Waals surface area contributed by atoms with E-state index in [1.807, 2.05) is 30.9 Å². The second-order valence-corrected chi connectivity index (χ2v) is 9.15. The number of hydrogen-bond donors (Lipinski definition) is 2. The third-order valence-electron chi connectivity index (χ3n) is 5.00. The van der Waals surface area contributed by atoms with Gasteiger partial charge in [-0.15, -0.1) is 5.10 Å². The van der Waals surface area contributed by atoms with E-state index in [1.165, 1.54) is 4.31 Å². The zero-order valence-electron chi connectivity index (χ0n) is 18.5. The Bertz CT molecular complexity index is 1140. The third kappa shape index (κ3) is 4.97. The molecule has 1 aliphatic rings. The first-order chi connectivity index (χ1) is 15.4. The van der Waals surface area contributed by atoms with Crippen molar-refractivity contribution in [2.45, 2.75) is 20.8 Å². The van der Waals surface area contributed by atoms with Gasteiger partial charge in [-0.2, -0.15) is 4.31 Å². The molecule has 0 radical (unpaired) electrons. The fourth-order valence-electron chi connectivity index (χ4n) is 3.23. The fourth-order valence-corrected chi connectivity index (χ4v) is 4.32. The minimum atomic E-state index is -3.19. The van der Waals surface area contributed by atoms with Gasteiger partial charge in [0.25, 0.3) is 0 Å². The van der Waals surface area contributed by atoms with Crippen molar-refractivity contribution in [2.24, 2.45) is 0 Å². The maximum absolute atomic E-state index is 12.1. The summed E-state index contributed by atoms with van der Waals surface area (Å²) in [5, 5.41) is 8.32. The van der Waals surface area contributed by atoms with Crippen LogP contribution in [0.25, 0.3) is 17.1 Å². The number of piperazine rings is 1. The Kier molecular flexibility index (Phi) is 7.26. The summed E-state index contributed by atoms with van der Waals surface area (Å²) in [6.07, 6.45) is 3.31. The summed E-state index contributed by atoms with van der Waals surface area (Å²) >= 11 is 0. The highest BCUT2D eigenvalue weighted by atomic mass is 32.2. The lowest BCUT2D eigenvalue weighted by Gasteiger charge is -2.34. The molecule has 11 nitrogen and oxygen atoms in total. The maximum Gasteiger partial charge on any atom is 0.213 e. The lowest BCUT2D eigenvalue weighted by Crippen LogP contribution is -2.49. The van der Waals surface area contributed by atoms with E-state index in [0.29, 0.717) is 49.1 Å². The number of aromatic nitrogens is 5. The summed E-state index contributed by atoms with van der Waals surface area (Å²) in [7, 11) is -3.19. The number of nitrogens with zero attached hydrogens (tertiary/aromatic N) is 7. The molecule has 1 aliphatic heterocycles. The standard InChI is InChI=1S/C18H23N9O2S.C2H6/c1-2-30(28,29)26-9-7-25(8-10-26)16-11-21-18(20)17(22-16)15-12-27(24-23-15)14-5-3-13(19)4-6-14;1-2/h3-6,11-12H,2,7-10,19H2,1H3,(H2,20,21);1-2H3. The van der Waals surface area contributed by atoms with Crippen molar-refractivity contribution in [2.75, 3.05) is 48.3 Å². The lowest BCUT2D eigenvalue weighted by molar-refractivity contribution is 0.384. The van der Waals surface area contributed by atoms with E-state index in [4.69, 9.17) is 11.5 Å². The largest absolute Gasteiger partial charge is 0.399 e. The topological polar surface area (TPSA) is 149 Å². The minimum absolute atomic E-state index is 0.0997. The summed E-state index contributed by atoms with van der Waals surface area (Å²) in [4.78, 5) is 10.9. The molecule has 3 aromatic rings. The quantitative estimate of drug-likeness (QED) is 0.540. The molecule has 1 aromatic carbocycles. The van der Waals surface area contributed by atoms with Gasteiger partial charge in [-0.05, 0) is 31.2 Å². The summed E-state index contributed by atoms with van der Waals surface area (Å²) in [6, 6.07) is 7.24. The lowest BCUT2D eigenvalue weighted by atomic mass is 10.3. The predicted molar refractivity (Wildman–Crippen MR) is 126 cm³/mol. The minimum Gasteiger partial charge on any atom is -0.399 e. The van der Waals surface area contributed by atoms with Crippen LogP contribution in [0.2, 0.25) is 0 Å². The Labute approximate surface area is 188 Å². The summed E-state index contributed by atoms with van der Waals surface area (Å²) in [5.41, 5.74) is 14.2. The van der Waals surface area contributed by atoms with E-state index in [-0.39, 0.29) is 11.6 Å². The molecule has 1 saturated heterocycles. The number of anilines is 3. The highest BCUT2D eigenvalue weighted by molar-refractivity contribution is 7.89. The van der Waals surface area contributed by atoms with Gasteiger partial charge in [0.2, 0.25) is 10.0 Å². The van der Waals surface area contributed by atoms with Crippen LogP contribution in [0.4, 0.5) is 17.3 Å². The summed E-state index contributed by atoms with van der Waals surface area (Å²) in [5.74, 6) is 0.966. The highest BCUT2D eigenvalue weighted by Crippen LogP contribution is 2.24. The molecule has 32 heavy (non-hydrogen) atoms. The molecule has 1 fully saturated rings. The average molecular weight is 460 g/mol. The molecule has 2 aromatic heterocycles. The molecule has 0 saturated carbocycles. The number of nitrogen functional groups attached to an aromatic ring is 2. The molecular formula is C20H29N9O2S. The first-order valence-electron chi connectivity index (χ1n) is 10.5. The zero-order valence-corrected chi connectivity index (χ0v) is 19.3. The summed E-state index contributed by atoms with van der Waals surface area (Å²) < 4.78 is 27.2. The SMILES string of the molecule is CC.CCS(=O)(=O)N1CCN(c2cnc(N)c(-c3cn(-c4ccc(N)cc4)nn3)n2)CC1.